The van der Waals surface area contributed by atoms with Gasteiger partial charge in [-0.15, -0.1) is 0 Å². The third kappa shape index (κ3) is 2.61. The number of likely N-dealkylation sites (N-methyl/N-ethyl adjacent to an activating group) is 1. The number of carbonyl (C=O) groups excluding carboxylic acids is 1. The van der Waals surface area contributed by atoms with Crippen LogP contribution in [0.1, 0.15) is 31.1 Å². The quantitative estimate of drug-likeness (QED) is 0.858. The maximum absolute atomic E-state index is 12.2. The van der Waals surface area contributed by atoms with E-state index in [-0.39, 0.29) is 5.91 Å². The van der Waals surface area contributed by atoms with Gasteiger partial charge in [-0.2, -0.15) is 0 Å². The summed E-state index contributed by atoms with van der Waals surface area (Å²) in [6.45, 7) is 5.11. The number of aliphatic carboxylic acids is 1. The van der Waals surface area contributed by atoms with Crippen molar-refractivity contribution in [1.82, 2.24) is 9.88 Å². The van der Waals surface area contributed by atoms with Gasteiger partial charge in [0.05, 0.1) is 0 Å². The van der Waals surface area contributed by atoms with Gasteiger partial charge < -0.3 is 10.0 Å². The molecule has 0 unspecified atom stereocenters. The molecular weight excluding hydrogens is 220 g/mol. The summed E-state index contributed by atoms with van der Waals surface area (Å²) in [5.41, 5.74) is -0.786. The molecule has 0 aliphatic rings. The summed E-state index contributed by atoms with van der Waals surface area (Å²) in [5.74, 6) is -1.33. The van der Waals surface area contributed by atoms with Crippen molar-refractivity contribution in [2.75, 3.05) is 6.54 Å². The molecule has 1 rings (SSSR count). The molecular formula is C12H16N2O3. The molecule has 1 aromatic heterocycles. The number of carboxylic acid groups (broad SMARTS) is 1. The highest BCUT2D eigenvalue weighted by Gasteiger charge is 2.37. The zero-order chi connectivity index (χ0) is 13.1. The fourth-order valence-corrected chi connectivity index (χ4v) is 1.56. The molecule has 0 fully saturated rings. The second kappa shape index (κ2) is 4.95. The van der Waals surface area contributed by atoms with Crippen LogP contribution in [0.5, 0.6) is 0 Å². The average Bonchev–Trinajstić information content (AvgIpc) is 2.30. The topological polar surface area (TPSA) is 70.5 Å². The Morgan fingerprint density at radius 2 is 1.88 bits per heavy atom. The van der Waals surface area contributed by atoms with Gasteiger partial charge in [-0.1, -0.05) is 0 Å². The highest BCUT2D eigenvalue weighted by molar-refractivity contribution is 5.97. The Bertz CT molecular complexity index is 415. The summed E-state index contributed by atoms with van der Waals surface area (Å²) in [7, 11) is 0. The summed E-state index contributed by atoms with van der Waals surface area (Å²) >= 11 is 0. The van der Waals surface area contributed by atoms with Gasteiger partial charge in [-0.3, -0.25) is 9.78 Å². The summed E-state index contributed by atoms with van der Waals surface area (Å²) in [5, 5.41) is 9.13. The van der Waals surface area contributed by atoms with E-state index < -0.39 is 11.5 Å². The van der Waals surface area contributed by atoms with Crippen LogP contribution in [0.3, 0.4) is 0 Å². The van der Waals surface area contributed by atoms with Crippen LogP contribution in [0.15, 0.2) is 24.5 Å². The van der Waals surface area contributed by atoms with Gasteiger partial charge in [0.25, 0.3) is 5.91 Å². The van der Waals surface area contributed by atoms with Crippen molar-refractivity contribution in [3.63, 3.8) is 0 Å². The number of carboxylic acids is 1. The van der Waals surface area contributed by atoms with Crippen LogP contribution >= 0.6 is 0 Å². The van der Waals surface area contributed by atoms with Gasteiger partial charge in [0.1, 0.15) is 5.54 Å². The van der Waals surface area contributed by atoms with Crippen LogP contribution < -0.4 is 0 Å². The molecule has 0 aliphatic heterocycles. The predicted molar refractivity (Wildman–Crippen MR) is 62.7 cm³/mol. The van der Waals surface area contributed by atoms with Crippen LogP contribution in [-0.4, -0.2) is 39.0 Å². The lowest BCUT2D eigenvalue weighted by molar-refractivity contribution is -0.147. The van der Waals surface area contributed by atoms with Crippen molar-refractivity contribution in [3.8, 4) is 0 Å². The van der Waals surface area contributed by atoms with Crippen molar-refractivity contribution >= 4 is 11.9 Å². The minimum Gasteiger partial charge on any atom is -0.480 e. The monoisotopic (exact) mass is 236 g/mol. The molecule has 0 saturated carbocycles. The molecule has 0 spiro atoms. The van der Waals surface area contributed by atoms with Crippen molar-refractivity contribution in [1.29, 1.82) is 0 Å². The van der Waals surface area contributed by atoms with E-state index >= 15 is 0 Å². The maximum atomic E-state index is 12.2. The van der Waals surface area contributed by atoms with Crippen molar-refractivity contribution in [2.24, 2.45) is 0 Å². The Morgan fingerprint density at radius 1 is 1.35 bits per heavy atom. The number of nitrogens with zero attached hydrogens (tertiary/aromatic N) is 2. The third-order valence-electron chi connectivity index (χ3n) is 2.69. The summed E-state index contributed by atoms with van der Waals surface area (Å²) < 4.78 is 0. The fraction of sp³-hybridized carbons (Fsp3) is 0.417. The zero-order valence-electron chi connectivity index (χ0n) is 10.2. The fourth-order valence-electron chi connectivity index (χ4n) is 1.56. The molecule has 0 radical (unpaired) electrons. The molecule has 1 aromatic rings. The summed E-state index contributed by atoms with van der Waals surface area (Å²) in [6.07, 6.45) is 3.02. The van der Waals surface area contributed by atoms with Crippen LogP contribution in [-0.2, 0) is 4.79 Å². The molecule has 5 nitrogen and oxygen atoms in total. The van der Waals surface area contributed by atoms with Gasteiger partial charge in [0, 0.05) is 24.5 Å². The molecule has 5 heteroatoms. The predicted octanol–water partition coefficient (Wildman–Crippen LogP) is 1.41. The molecule has 0 aliphatic carbocycles. The SMILES string of the molecule is CCN(C(=O)c1ccncc1)C(C)(C)C(=O)O. The lowest BCUT2D eigenvalue weighted by Crippen LogP contribution is -2.52. The molecule has 92 valence electrons. The maximum Gasteiger partial charge on any atom is 0.329 e. The zero-order valence-corrected chi connectivity index (χ0v) is 10.2. The van der Waals surface area contributed by atoms with E-state index in [1.807, 2.05) is 0 Å². The molecule has 17 heavy (non-hydrogen) atoms. The van der Waals surface area contributed by atoms with Crippen molar-refractivity contribution < 1.29 is 14.7 Å². The Morgan fingerprint density at radius 3 is 2.29 bits per heavy atom. The van der Waals surface area contributed by atoms with Gasteiger partial charge in [-0.05, 0) is 32.9 Å². The smallest absolute Gasteiger partial charge is 0.329 e. The molecule has 0 aromatic carbocycles. The first-order valence-electron chi connectivity index (χ1n) is 5.36. The molecule has 0 saturated heterocycles. The summed E-state index contributed by atoms with van der Waals surface area (Å²) in [6, 6.07) is 3.14. The lowest BCUT2D eigenvalue weighted by atomic mass is 10.0. The molecule has 1 heterocycles. The van der Waals surface area contributed by atoms with E-state index in [1.54, 1.807) is 19.1 Å². The van der Waals surface area contributed by atoms with Crippen LogP contribution in [0, 0.1) is 0 Å². The number of hydrogen-bond donors (Lipinski definition) is 1. The largest absolute Gasteiger partial charge is 0.480 e. The van der Waals surface area contributed by atoms with Crippen molar-refractivity contribution in [3.05, 3.63) is 30.1 Å². The van der Waals surface area contributed by atoms with Crippen LogP contribution in [0.4, 0.5) is 0 Å². The van der Waals surface area contributed by atoms with Gasteiger partial charge in [-0.25, -0.2) is 4.79 Å². The van der Waals surface area contributed by atoms with E-state index in [4.69, 9.17) is 5.11 Å². The van der Waals surface area contributed by atoms with E-state index in [1.165, 1.54) is 31.1 Å². The summed E-state index contributed by atoms with van der Waals surface area (Å²) in [4.78, 5) is 28.5. The number of rotatable bonds is 4. The first-order chi connectivity index (χ1) is 7.91. The highest BCUT2D eigenvalue weighted by atomic mass is 16.4. The number of carbonyl (C=O) groups is 2. The normalized spacial score (nSPS) is 11.0. The molecule has 0 atom stereocenters. The van der Waals surface area contributed by atoms with Gasteiger partial charge in [0.2, 0.25) is 0 Å². The van der Waals surface area contributed by atoms with E-state index in [0.29, 0.717) is 12.1 Å². The Balaban J connectivity index is 3.05. The number of pyridine rings is 1. The number of aromatic nitrogens is 1. The Kier molecular flexibility index (Phi) is 3.83. The third-order valence-corrected chi connectivity index (χ3v) is 2.69. The number of amides is 1. The molecule has 1 N–H and O–H groups in total. The highest BCUT2D eigenvalue weighted by Crippen LogP contribution is 2.17. The second-order valence-electron chi connectivity index (χ2n) is 4.15. The Labute approximate surface area is 100 Å². The van der Waals surface area contributed by atoms with Crippen LogP contribution in [0.25, 0.3) is 0 Å². The van der Waals surface area contributed by atoms with E-state index in [2.05, 4.69) is 4.98 Å². The van der Waals surface area contributed by atoms with E-state index in [0.717, 1.165) is 0 Å². The van der Waals surface area contributed by atoms with Gasteiger partial charge >= 0.3 is 5.97 Å². The van der Waals surface area contributed by atoms with E-state index in [9.17, 15) is 9.59 Å². The molecule has 1 amide bonds. The first kappa shape index (κ1) is 13.2. The number of hydrogen-bond acceptors (Lipinski definition) is 3. The van der Waals surface area contributed by atoms with Gasteiger partial charge in [0.15, 0.2) is 0 Å². The van der Waals surface area contributed by atoms with Crippen LogP contribution in [0.2, 0.25) is 0 Å². The minimum absolute atomic E-state index is 0.303. The minimum atomic E-state index is -1.23. The Hall–Kier alpha value is -1.91. The standard InChI is InChI=1S/C12H16N2O3/c1-4-14(12(2,3)11(16)17)10(15)9-5-7-13-8-6-9/h5-8H,4H2,1-3H3,(H,16,17). The molecule has 0 bridgehead atoms. The van der Waals surface area contributed by atoms with Crippen molar-refractivity contribution in [2.45, 2.75) is 26.3 Å². The second-order valence-corrected chi connectivity index (χ2v) is 4.15. The lowest BCUT2D eigenvalue weighted by Gasteiger charge is -2.34. The first-order valence-corrected chi connectivity index (χ1v) is 5.36. The average molecular weight is 236 g/mol.